The molecule has 0 radical (unpaired) electrons. The van der Waals surface area contributed by atoms with E-state index in [9.17, 15) is 14.0 Å². The summed E-state index contributed by atoms with van der Waals surface area (Å²) in [5.41, 5.74) is 1.72. The lowest BCUT2D eigenvalue weighted by atomic mass is 10.1. The van der Waals surface area contributed by atoms with Crippen molar-refractivity contribution in [2.24, 2.45) is 0 Å². The van der Waals surface area contributed by atoms with Gasteiger partial charge < -0.3 is 14.8 Å². The smallest absolute Gasteiger partial charge is 0.411 e. The maximum absolute atomic E-state index is 12.9. The van der Waals surface area contributed by atoms with Gasteiger partial charge in [0.25, 0.3) is 0 Å². The van der Waals surface area contributed by atoms with Crippen LogP contribution in [0.1, 0.15) is 5.56 Å². The van der Waals surface area contributed by atoms with E-state index < -0.39 is 6.09 Å². The van der Waals surface area contributed by atoms with Crippen molar-refractivity contribution in [3.63, 3.8) is 0 Å². The van der Waals surface area contributed by atoms with Crippen LogP contribution in [0.25, 0.3) is 0 Å². The second-order valence-electron chi connectivity index (χ2n) is 5.19. The molecule has 0 aromatic heterocycles. The zero-order valence-electron chi connectivity index (χ0n) is 13.8. The second kappa shape index (κ2) is 9.39. The molecule has 0 fully saturated rings. The van der Waals surface area contributed by atoms with Gasteiger partial charge in [0.15, 0.2) is 0 Å². The molecule has 0 heterocycles. The lowest BCUT2D eigenvalue weighted by Crippen LogP contribution is -2.17. The molecule has 7 heteroatoms. The number of ether oxygens (including phenoxy) is 2. The van der Waals surface area contributed by atoms with Crippen LogP contribution in [0, 0.1) is 5.82 Å². The SMILES string of the molecule is COCCOC(=O)Nc1cccc(NC(=O)Cc2ccc(F)cc2)c1. The number of rotatable bonds is 7. The summed E-state index contributed by atoms with van der Waals surface area (Å²) in [4.78, 5) is 23.6. The first-order valence-corrected chi connectivity index (χ1v) is 7.64. The van der Waals surface area contributed by atoms with E-state index in [0.717, 1.165) is 0 Å². The monoisotopic (exact) mass is 346 g/mol. The van der Waals surface area contributed by atoms with Crippen LogP contribution in [0.2, 0.25) is 0 Å². The fourth-order valence-corrected chi connectivity index (χ4v) is 2.04. The summed E-state index contributed by atoms with van der Waals surface area (Å²) >= 11 is 0. The van der Waals surface area contributed by atoms with E-state index in [4.69, 9.17) is 9.47 Å². The summed E-state index contributed by atoms with van der Waals surface area (Å²) in [7, 11) is 1.51. The van der Waals surface area contributed by atoms with Crippen molar-refractivity contribution < 1.29 is 23.5 Å². The van der Waals surface area contributed by atoms with Gasteiger partial charge in [0, 0.05) is 18.5 Å². The highest BCUT2D eigenvalue weighted by molar-refractivity contribution is 5.93. The minimum absolute atomic E-state index is 0.122. The van der Waals surface area contributed by atoms with E-state index in [-0.39, 0.29) is 24.8 Å². The number of nitrogens with one attached hydrogen (secondary N) is 2. The molecule has 0 saturated carbocycles. The number of anilines is 2. The molecule has 6 nitrogen and oxygen atoms in total. The molecule has 25 heavy (non-hydrogen) atoms. The molecule has 0 saturated heterocycles. The highest BCUT2D eigenvalue weighted by Gasteiger charge is 2.07. The Hall–Kier alpha value is -2.93. The van der Waals surface area contributed by atoms with Crippen molar-refractivity contribution in [2.75, 3.05) is 31.0 Å². The average Bonchev–Trinajstić information content (AvgIpc) is 2.57. The van der Waals surface area contributed by atoms with Crippen LogP contribution >= 0.6 is 0 Å². The third-order valence-corrected chi connectivity index (χ3v) is 3.19. The van der Waals surface area contributed by atoms with E-state index >= 15 is 0 Å². The summed E-state index contributed by atoms with van der Waals surface area (Å²) in [6.07, 6.45) is -0.483. The topological polar surface area (TPSA) is 76.7 Å². The summed E-state index contributed by atoms with van der Waals surface area (Å²) in [5.74, 6) is -0.591. The van der Waals surface area contributed by atoms with Gasteiger partial charge in [-0.15, -0.1) is 0 Å². The molecular weight excluding hydrogens is 327 g/mol. The number of methoxy groups -OCH3 is 1. The van der Waals surface area contributed by atoms with Crippen LogP contribution < -0.4 is 10.6 Å². The van der Waals surface area contributed by atoms with Crippen LogP contribution in [0.3, 0.4) is 0 Å². The van der Waals surface area contributed by atoms with Crippen molar-refractivity contribution in [3.8, 4) is 0 Å². The van der Waals surface area contributed by atoms with Gasteiger partial charge in [-0.25, -0.2) is 9.18 Å². The molecular formula is C18H19FN2O4. The molecule has 0 atom stereocenters. The number of carbonyl (C=O) groups excluding carboxylic acids is 2. The van der Waals surface area contributed by atoms with Gasteiger partial charge in [0.1, 0.15) is 12.4 Å². The predicted octanol–water partition coefficient (Wildman–Crippen LogP) is 3.20. The molecule has 0 aliphatic heterocycles. The van der Waals surface area contributed by atoms with E-state index in [1.54, 1.807) is 36.4 Å². The summed E-state index contributed by atoms with van der Waals surface area (Å²) in [6.45, 7) is 0.462. The summed E-state index contributed by atoms with van der Waals surface area (Å²) in [5, 5.41) is 5.29. The average molecular weight is 346 g/mol. The van der Waals surface area contributed by atoms with Gasteiger partial charge in [-0.1, -0.05) is 18.2 Å². The lowest BCUT2D eigenvalue weighted by Gasteiger charge is -2.09. The first-order valence-electron chi connectivity index (χ1n) is 7.64. The predicted molar refractivity (Wildman–Crippen MR) is 92.0 cm³/mol. The highest BCUT2D eigenvalue weighted by Crippen LogP contribution is 2.16. The third-order valence-electron chi connectivity index (χ3n) is 3.19. The third kappa shape index (κ3) is 6.60. The van der Waals surface area contributed by atoms with E-state index in [1.165, 1.54) is 19.2 Å². The first kappa shape index (κ1) is 18.4. The number of halogens is 1. The van der Waals surface area contributed by atoms with E-state index in [2.05, 4.69) is 10.6 Å². The number of benzene rings is 2. The second-order valence-corrected chi connectivity index (χ2v) is 5.19. The van der Waals surface area contributed by atoms with Crippen molar-refractivity contribution in [2.45, 2.75) is 6.42 Å². The Morgan fingerprint density at radius 1 is 1.00 bits per heavy atom. The highest BCUT2D eigenvalue weighted by atomic mass is 19.1. The van der Waals surface area contributed by atoms with Crippen molar-refractivity contribution in [3.05, 3.63) is 59.9 Å². The Morgan fingerprint density at radius 3 is 2.36 bits per heavy atom. The first-order chi connectivity index (χ1) is 12.1. The maximum Gasteiger partial charge on any atom is 0.411 e. The summed E-state index contributed by atoms with van der Waals surface area (Å²) in [6, 6.07) is 12.4. The molecule has 0 unspecified atom stereocenters. The summed E-state index contributed by atoms with van der Waals surface area (Å²) < 4.78 is 22.6. The molecule has 2 N–H and O–H groups in total. The number of carbonyl (C=O) groups is 2. The molecule has 0 aliphatic carbocycles. The Balaban J connectivity index is 1.88. The van der Waals surface area contributed by atoms with Crippen LogP contribution in [-0.4, -0.2) is 32.3 Å². The Bertz CT molecular complexity index is 719. The molecule has 0 spiro atoms. The standard InChI is InChI=1S/C18H19FN2O4/c1-24-9-10-25-18(23)21-16-4-2-3-15(12-16)20-17(22)11-13-5-7-14(19)8-6-13/h2-8,12H,9-11H2,1H3,(H,20,22)(H,21,23). The van der Waals surface area contributed by atoms with Gasteiger partial charge in [-0.2, -0.15) is 0 Å². The normalized spacial score (nSPS) is 10.2. The van der Waals surface area contributed by atoms with Gasteiger partial charge in [-0.05, 0) is 35.9 Å². The van der Waals surface area contributed by atoms with Crippen LogP contribution in [0.5, 0.6) is 0 Å². The molecule has 0 aliphatic rings. The lowest BCUT2D eigenvalue weighted by molar-refractivity contribution is -0.115. The van der Waals surface area contributed by atoms with E-state index in [0.29, 0.717) is 23.5 Å². The maximum atomic E-state index is 12.9. The van der Waals surface area contributed by atoms with Gasteiger partial charge in [0.05, 0.1) is 13.0 Å². The van der Waals surface area contributed by atoms with Gasteiger partial charge in [0.2, 0.25) is 5.91 Å². The molecule has 2 amide bonds. The van der Waals surface area contributed by atoms with E-state index in [1.807, 2.05) is 0 Å². The molecule has 2 rings (SSSR count). The molecule has 0 bridgehead atoms. The van der Waals surface area contributed by atoms with Crippen molar-refractivity contribution >= 4 is 23.4 Å². The van der Waals surface area contributed by atoms with Crippen molar-refractivity contribution in [1.29, 1.82) is 0 Å². The molecule has 2 aromatic carbocycles. The number of amides is 2. The van der Waals surface area contributed by atoms with Crippen LogP contribution in [-0.2, 0) is 20.7 Å². The minimum Gasteiger partial charge on any atom is -0.447 e. The number of hydrogen-bond acceptors (Lipinski definition) is 4. The minimum atomic E-state index is -0.605. The van der Waals surface area contributed by atoms with Gasteiger partial charge >= 0.3 is 6.09 Å². The molecule has 2 aromatic rings. The zero-order chi connectivity index (χ0) is 18.1. The zero-order valence-corrected chi connectivity index (χ0v) is 13.8. The Labute approximate surface area is 144 Å². The fourth-order valence-electron chi connectivity index (χ4n) is 2.04. The Morgan fingerprint density at radius 2 is 1.68 bits per heavy atom. The van der Waals surface area contributed by atoms with Crippen LogP contribution in [0.15, 0.2) is 48.5 Å². The van der Waals surface area contributed by atoms with Crippen molar-refractivity contribution in [1.82, 2.24) is 0 Å². The van der Waals surface area contributed by atoms with Crippen LogP contribution in [0.4, 0.5) is 20.6 Å². The fraction of sp³-hybridized carbons (Fsp3) is 0.222. The number of hydrogen-bond donors (Lipinski definition) is 2. The Kier molecular flexibility index (Phi) is 6.91. The molecule has 132 valence electrons. The largest absolute Gasteiger partial charge is 0.447 e. The quantitative estimate of drug-likeness (QED) is 0.755. The van der Waals surface area contributed by atoms with Gasteiger partial charge in [-0.3, -0.25) is 10.1 Å².